The van der Waals surface area contributed by atoms with Gasteiger partial charge in [0.1, 0.15) is 11.5 Å². The largest absolute Gasteiger partial charge is 0.495 e. The highest BCUT2D eigenvalue weighted by molar-refractivity contribution is 7.89. The molecule has 2 aromatic carbocycles. The van der Waals surface area contributed by atoms with E-state index in [0.29, 0.717) is 22.9 Å². The first kappa shape index (κ1) is 20.4. The molecule has 152 valence electrons. The molecule has 3 aromatic rings. The molecule has 1 heterocycles. The highest BCUT2D eigenvalue weighted by Gasteiger charge is 2.15. The number of anilines is 2. The summed E-state index contributed by atoms with van der Waals surface area (Å²) >= 11 is 0. The third kappa shape index (κ3) is 5.59. The number of amides is 1. The van der Waals surface area contributed by atoms with Crippen molar-refractivity contribution in [2.24, 2.45) is 0 Å². The van der Waals surface area contributed by atoms with Gasteiger partial charge in [0.2, 0.25) is 15.9 Å². The number of para-hydroxylation sites is 2. The summed E-state index contributed by atoms with van der Waals surface area (Å²) in [5.74, 6) is 0.797. The van der Waals surface area contributed by atoms with Crippen molar-refractivity contribution < 1.29 is 22.4 Å². The van der Waals surface area contributed by atoms with Gasteiger partial charge in [0.15, 0.2) is 0 Å². The number of rotatable bonds is 9. The van der Waals surface area contributed by atoms with Crippen molar-refractivity contribution >= 4 is 27.3 Å². The number of ether oxygens (including phenoxy) is 1. The molecule has 8 nitrogen and oxygen atoms in total. The number of methoxy groups -OCH3 is 1. The fraction of sp³-hybridized carbons (Fsp3) is 0.150. The predicted molar refractivity (Wildman–Crippen MR) is 109 cm³/mol. The van der Waals surface area contributed by atoms with Crippen molar-refractivity contribution in [1.29, 1.82) is 0 Å². The van der Waals surface area contributed by atoms with Gasteiger partial charge in [-0.05, 0) is 42.5 Å². The van der Waals surface area contributed by atoms with Crippen LogP contribution >= 0.6 is 0 Å². The molecule has 29 heavy (non-hydrogen) atoms. The minimum Gasteiger partial charge on any atom is -0.495 e. The smallest absolute Gasteiger partial charge is 0.243 e. The lowest BCUT2D eigenvalue weighted by atomic mass is 10.3. The maximum Gasteiger partial charge on any atom is 0.243 e. The topological polar surface area (TPSA) is 110 Å². The van der Waals surface area contributed by atoms with E-state index in [1.807, 2.05) is 12.1 Å². The van der Waals surface area contributed by atoms with Crippen molar-refractivity contribution in [3.8, 4) is 5.75 Å². The first-order valence-corrected chi connectivity index (χ1v) is 10.2. The van der Waals surface area contributed by atoms with Gasteiger partial charge >= 0.3 is 0 Å². The minimum absolute atomic E-state index is 0.00586. The van der Waals surface area contributed by atoms with Gasteiger partial charge in [-0.3, -0.25) is 4.79 Å². The van der Waals surface area contributed by atoms with E-state index < -0.39 is 10.0 Å². The molecular formula is C20H21N3O5S. The Morgan fingerprint density at radius 3 is 2.66 bits per heavy atom. The summed E-state index contributed by atoms with van der Waals surface area (Å²) in [6.45, 7) is 0.0306. The van der Waals surface area contributed by atoms with E-state index >= 15 is 0 Å². The monoisotopic (exact) mass is 415 g/mol. The minimum atomic E-state index is -3.75. The van der Waals surface area contributed by atoms with E-state index in [1.165, 1.54) is 18.4 Å². The Bertz CT molecular complexity index is 1070. The fourth-order valence-electron chi connectivity index (χ4n) is 2.58. The maximum atomic E-state index is 12.5. The molecule has 3 N–H and O–H groups in total. The molecule has 0 aliphatic heterocycles. The van der Waals surface area contributed by atoms with Crippen LogP contribution in [0.4, 0.5) is 11.4 Å². The maximum absolute atomic E-state index is 12.5. The SMILES string of the molecule is COc1ccccc1NCC(=O)Nc1cccc(S(=O)(=O)NCc2ccco2)c1. The van der Waals surface area contributed by atoms with Crippen LogP contribution in [0.2, 0.25) is 0 Å². The summed E-state index contributed by atoms with van der Waals surface area (Å²) in [6.07, 6.45) is 1.47. The molecule has 0 fully saturated rings. The quantitative estimate of drug-likeness (QED) is 0.496. The molecule has 0 spiro atoms. The van der Waals surface area contributed by atoms with E-state index in [9.17, 15) is 13.2 Å². The molecule has 1 aromatic heterocycles. The van der Waals surface area contributed by atoms with Gasteiger partial charge in [-0.1, -0.05) is 18.2 Å². The molecule has 9 heteroatoms. The lowest BCUT2D eigenvalue weighted by Gasteiger charge is -2.12. The first-order valence-electron chi connectivity index (χ1n) is 8.77. The second kappa shape index (κ2) is 9.26. The highest BCUT2D eigenvalue weighted by atomic mass is 32.2. The van der Waals surface area contributed by atoms with Gasteiger partial charge in [0.25, 0.3) is 0 Å². The Hall–Kier alpha value is -3.30. The molecule has 0 aliphatic carbocycles. The van der Waals surface area contributed by atoms with E-state index in [-0.39, 0.29) is 23.9 Å². The number of hydrogen-bond acceptors (Lipinski definition) is 6. The number of sulfonamides is 1. The number of carbonyl (C=O) groups is 1. The fourth-order valence-corrected chi connectivity index (χ4v) is 3.61. The highest BCUT2D eigenvalue weighted by Crippen LogP contribution is 2.22. The van der Waals surface area contributed by atoms with Gasteiger partial charge in [-0.2, -0.15) is 0 Å². The van der Waals surface area contributed by atoms with Crippen LogP contribution in [0.15, 0.2) is 76.2 Å². The van der Waals surface area contributed by atoms with E-state index in [1.54, 1.807) is 43.5 Å². The van der Waals surface area contributed by atoms with E-state index in [0.717, 1.165) is 0 Å². The Labute approximate surface area is 168 Å². The van der Waals surface area contributed by atoms with Crippen LogP contribution in [0.3, 0.4) is 0 Å². The normalized spacial score (nSPS) is 11.1. The zero-order valence-corrected chi connectivity index (χ0v) is 16.5. The molecule has 0 bridgehead atoms. The third-order valence-electron chi connectivity index (χ3n) is 3.99. The molecule has 0 aliphatic rings. The van der Waals surface area contributed by atoms with Gasteiger partial charge in [0, 0.05) is 5.69 Å². The second-order valence-corrected chi connectivity index (χ2v) is 7.80. The molecular weight excluding hydrogens is 394 g/mol. The number of furan rings is 1. The number of carbonyl (C=O) groups excluding carboxylic acids is 1. The average molecular weight is 415 g/mol. The van der Waals surface area contributed by atoms with Crippen molar-refractivity contribution in [3.05, 3.63) is 72.7 Å². The Morgan fingerprint density at radius 1 is 1.07 bits per heavy atom. The average Bonchev–Trinajstić information content (AvgIpc) is 3.25. The molecule has 0 radical (unpaired) electrons. The van der Waals surface area contributed by atoms with Crippen LogP contribution in [0.25, 0.3) is 0 Å². The summed E-state index contributed by atoms with van der Waals surface area (Å²) < 4.78 is 37.7. The molecule has 0 saturated heterocycles. The number of benzene rings is 2. The lowest BCUT2D eigenvalue weighted by Crippen LogP contribution is -2.24. The number of hydrogen-bond donors (Lipinski definition) is 3. The summed E-state index contributed by atoms with van der Waals surface area (Å²) in [7, 11) is -2.20. The van der Waals surface area contributed by atoms with E-state index in [4.69, 9.17) is 9.15 Å². The molecule has 3 rings (SSSR count). The van der Waals surface area contributed by atoms with Gasteiger partial charge in [-0.15, -0.1) is 0 Å². The first-order chi connectivity index (χ1) is 14.0. The van der Waals surface area contributed by atoms with Gasteiger partial charge < -0.3 is 19.8 Å². The third-order valence-corrected chi connectivity index (χ3v) is 5.39. The standard InChI is InChI=1S/C20H21N3O5S/c1-27-19-10-3-2-9-18(19)21-14-20(24)23-15-6-4-8-17(12-15)29(25,26)22-13-16-7-5-11-28-16/h2-12,21-22H,13-14H2,1H3,(H,23,24). The van der Waals surface area contributed by atoms with Crippen LogP contribution in [0.1, 0.15) is 5.76 Å². The molecule has 1 amide bonds. The number of nitrogens with one attached hydrogen (secondary N) is 3. The van der Waals surface area contributed by atoms with Crippen LogP contribution in [0, 0.1) is 0 Å². The molecule has 0 saturated carbocycles. The Balaban J connectivity index is 1.60. The molecule has 0 unspecified atom stereocenters. The van der Waals surface area contributed by atoms with E-state index in [2.05, 4.69) is 15.4 Å². The molecule has 0 atom stereocenters. The van der Waals surface area contributed by atoms with Gasteiger partial charge in [-0.25, -0.2) is 13.1 Å². The van der Waals surface area contributed by atoms with Crippen molar-refractivity contribution in [1.82, 2.24) is 4.72 Å². The van der Waals surface area contributed by atoms with Crippen LogP contribution in [-0.4, -0.2) is 28.0 Å². The summed E-state index contributed by atoms with van der Waals surface area (Å²) in [5, 5.41) is 5.67. The summed E-state index contributed by atoms with van der Waals surface area (Å²) in [5.41, 5.74) is 1.06. The van der Waals surface area contributed by atoms with Gasteiger partial charge in [0.05, 0.1) is 37.0 Å². The summed E-state index contributed by atoms with van der Waals surface area (Å²) in [4.78, 5) is 12.3. The van der Waals surface area contributed by atoms with Crippen molar-refractivity contribution in [3.63, 3.8) is 0 Å². The van der Waals surface area contributed by atoms with Crippen molar-refractivity contribution in [2.45, 2.75) is 11.4 Å². The zero-order valence-electron chi connectivity index (χ0n) is 15.7. The zero-order chi connectivity index (χ0) is 20.7. The lowest BCUT2D eigenvalue weighted by molar-refractivity contribution is -0.114. The Kier molecular flexibility index (Phi) is 6.53. The second-order valence-electron chi connectivity index (χ2n) is 6.03. The Morgan fingerprint density at radius 2 is 1.90 bits per heavy atom. The van der Waals surface area contributed by atoms with Crippen LogP contribution < -0.4 is 20.1 Å². The summed E-state index contributed by atoms with van der Waals surface area (Å²) in [6, 6.07) is 16.6. The van der Waals surface area contributed by atoms with Crippen LogP contribution in [0.5, 0.6) is 5.75 Å². The van der Waals surface area contributed by atoms with Crippen molar-refractivity contribution in [2.75, 3.05) is 24.3 Å². The van der Waals surface area contributed by atoms with Crippen LogP contribution in [-0.2, 0) is 21.4 Å². The predicted octanol–water partition coefficient (Wildman–Crippen LogP) is 2.82.